The molecule has 0 spiro atoms. The van der Waals surface area contributed by atoms with Gasteiger partial charge in [0.15, 0.2) is 6.10 Å². The number of halogens is 1. The minimum Gasteiger partial charge on any atom is -0.481 e. The summed E-state index contributed by atoms with van der Waals surface area (Å²) in [5.41, 5.74) is 1.09. The summed E-state index contributed by atoms with van der Waals surface area (Å²) < 4.78 is 6.72. The van der Waals surface area contributed by atoms with Crippen LogP contribution in [0.2, 0.25) is 0 Å². The summed E-state index contributed by atoms with van der Waals surface area (Å²) in [4.78, 5) is 30.7. The molecule has 1 aliphatic rings. The van der Waals surface area contributed by atoms with E-state index in [2.05, 4.69) is 15.9 Å². The highest BCUT2D eigenvalue weighted by Crippen LogP contribution is 2.18. The Hall–Kier alpha value is -2.54. The first kappa shape index (κ1) is 21.2. The van der Waals surface area contributed by atoms with Gasteiger partial charge in [-0.25, -0.2) is 4.79 Å². The summed E-state index contributed by atoms with van der Waals surface area (Å²) in [5.74, 6) is 0.600. The summed E-state index contributed by atoms with van der Waals surface area (Å²) in [6.07, 6.45) is -0.570. The number of rotatable bonds is 5. The van der Waals surface area contributed by atoms with E-state index in [9.17, 15) is 9.59 Å². The van der Waals surface area contributed by atoms with Gasteiger partial charge in [-0.15, -0.1) is 0 Å². The van der Waals surface area contributed by atoms with Gasteiger partial charge in [-0.05, 0) is 36.8 Å². The van der Waals surface area contributed by atoms with Crippen molar-refractivity contribution in [2.24, 2.45) is 0 Å². The van der Waals surface area contributed by atoms with Gasteiger partial charge >= 0.3 is 6.03 Å². The van der Waals surface area contributed by atoms with E-state index in [1.807, 2.05) is 54.6 Å². The van der Waals surface area contributed by atoms with Crippen LogP contribution < -0.4 is 4.74 Å². The second-order valence-corrected chi connectivity index (χ2v) is 8.07. The molecule has 0 unspecified atom stereocenters. The molecule has 0 radical (unpaired) electrons. The normalized spacial score (nSPS) is 15.0. The Morgan fingerprint density at radius 3 is 2.21 bits per heavy atom. The zero-order chi connectivity index (χ0) is 20.8. The lowest BCUT2D eigenvalue weighted by atomic mass is 10.2. The SMILES string of the molecule is C[C@@H](Oc1ccc(Br)cc1)C(=O)N1CCN(C(=O)N(C)Cc2ccccc2)CC1. The molecule has 6 nitrogen and oxygen atoms in total. The fraction of sp³-hybridized carbons (Fsp3) is 0.364. The molecule has 29 heavy (non-hydrogen) atoms. The third kappa shape index (κ3) is 5.73. The minimum absolute atomic E-state index is 0.0138. The number of carbonyl (C=O) groups excluding carboxylic acids is 2. The van der Waals surface area contributed by atoms with Crippen molar-refractivity contribution in [3.05, 3.63) is 64.6 Å². The topological polar surface area (TPSA) is 53.1 Å². The zero-order valence-corrected chi connectivity index (χ0v) is 18.3. The number of benzene rings is 2. The van der Waals surface area contributed by atoms with Crippen LogP contribution in [0.3, 0.4) is 0 Å². The summed E-state index contributed by atoms with van der Waals surface area (Å²) in [6, 6.07) is 17.3. The number of ether oxygens (including phenoxy) is 1. The second-order valence-electron chi connectivity index (χ2n) is 7.15. The maximum Gasteiger partial charge on any atom is 0.320 e. The van der Waals surface area contributed by atoms with Crippen LogP contribution >= 0.6 is 15.9 Å². The molecule has 1 heterocycles. The molecule has 0 aliphatic carbocycles. The van der Waals surface area contributed by atoms with Crippen LogP contribution in [-0.2, 0) is 11.3 Å². The summed E-state index contributed by atoms with van der Waals surface area (Å²) in [7, 11) is 1.81. The van der Waals surface area contributed by atoms with Crippen molar-refractivity contribution in [3.63, 3.8) is 0 Å². The molecule has 2 aromatic carbocycles. The molecular formula is C22H26BrN3O3. The van der Waals surface area contributed by atoms with Crippen LogP contribution in [0.4, 0.5) is 4.79 Å². The van der Waals surface area contributed by atoms with E-state index in [1.165, 1.54) is 0 Å². The molecule has 3 rings (SSSR count). The molecule has 154 valence electrons. The number of urea groups is 1. The number of amides is 3. The van der Waals surface area contributed by atoms with Gasteiger partial charge in [0.25, 0.3) is 5.91 Å². The van der Waals surface area contributed by atoms with Crippen LogP contribution in [0.15, 0.2) is 59.1 Å². The van der Waals surface area contributed by atoms with Gasteiger partial charge < -0.3 is 19.4 Å². The predicted molar refractivity (Wildman–Crippen MR) is 116 cm³/mol. The molecule has 1 saturated heterocycles. The molecule has 0 aromatic heterocycles. The van der Waals surface area contributed by atoms with E-state index < -0.39 is 6.10 Å². The van der Waals surface area contributed by atoms with E-state index in [0.29, 0.717) is 38.5 Å². The van der Waals surface area contributed by atoms with Crippen LogP contribution in [0.25, 0.3) is 0 Å². The Bertz CT molecular complexity index is 821. The summed E-state index contributed by atoms with van der Waals surface area (Å²) >= 11 is 3.38. The van der Waals surface area contributed by atoms with Crippen molar-refractivity contribution in [2.45, 2.75) is 19.6 Å². The number of hydrogen-bond acceptors (Lipinski definition) is 3. The lowest BCUT2D eigenvalue weighted by Crippen LogP contribution is -2.55. The van der Waals surface area contributed by atoms with Crippen molar-refractivity contribution in [2.75, 3.05) is 33.2 Å². The standard InChI is InChI=1S/C22H26BrN3O3/c1-17(29-20-10-8-19(23)9-11-20)21(27)25-12-14-26(15-13-25)22(28)24(2)16-18-6-4-3-5-7-18/h3-11,17H,12-16H2,1-2H3/t17-/m1/s1. The van der Waals surface area contributed by atoms with Crippen molar-refractivity contribution in [1.29, 1.82) is 0 Å². The van der Waals surface area contributed by atoms with Crippen molar-refractivity contribution in [1.82, 2.24) is 14.7 Å². The molecule has 0 saturated carbocycles. The lowest BCUT2D eigenvalue weighted by Gasteiger charge is -2.37. The maximum absolute atomic E-state index is 12.7. The number of nitrogens with zero attached hydrogens (tertiary/aromatic N) is 3. The van der Waals surface area contributed by atoms with Crippen molar-refractivity contribution < 1.29 is 14.3 Å². The first-order chi connectivity index (χ1) is 13.9. The molecular weight excluding hydrogens is 434 g/mol. The van der Waals surface area contributed by atoms with Crippen molar-refractivity contribution in [3.8, 4) is 5.75 Å². The highest BCUT2D eigenvalue weighted by atomic mass is 79.9. The predicted octanol–water partition coefficient (Wildman–Crippen LogP) is 3.61. The van der Waals surface area contributed by atoms with E-state index in [4.69, 9.17) is 4.74 Å². The van der Waals surface area contributed by atoms with Crippen LogP contribution in [-0.4, -0.2) is 66.0 Å². The molecule has 7 heteroatoms. The number of hydrogen-bond donors (Lipinski definition) is 0. The fourth-order valence-electron chi connectivity index (χ4n) is 3.31. The monoisotopic (exact) mass is 459 g/mol. The van der Waals surface area contributed by atoms with Gasteiger partial charge in [0, 0.05) is 44.2 Å². The molecule has 0 N–H and O–H groups in total. The lowest BCUT2D eigenvalue weighted by molar-refractivity contribution is -0.139. The van der Waals surface area contributed by atoms with Gasteiger partial charge in [0.1, 0.15) is 5.75 Å². The van der Waals surface area contributed by atoms with E-state index in [0.717, 1.165) is 10.0 Å². The first-order valence-electron chi connectivity index (χ1n) is 9.69. The minimum atomic E-state index is -0.570. The smallest absolute Gasteiger partial charge is 0.320 e. The van der Waals surface area contributed by atoms with E-state index in [1.54, 1.807) is 28.7 Å². The average molecular weight is 460 g/mol. The van der Waals surface area contributed by atoms with Gasteiger partial charge in [-0.1, -0.05) is 46.3 Å². The summed E-state index contributed by atoms with van der Waals surface area (Å²) in [6.45, 7) is 4.39. The van der Waals surface area contributed by atoms with Crippen LogP contribution in [0, 0.1) is 0 Å². The number of carbonyl (C=O) groups is 2. The van der Waals surface area contributed by atoms with E-state index >= 15 is 0 Å². The highest BCUT2D eigenvalue weighted by molar-refractivity contribution is 9.10. The molecule has 1 fully saturated rings. The first-order valence-corrected chi connectivity index (χ1v) is 10.5. The van der Waals surface area contributed by atoms with Gasteiger partial charge in [0.2, 0.25) is 0 Å². The average Bonchev–Trinajstić information content (AvgIpc) is 2.75. The van der Waals surface area contributed by atoms with Gasteiger partial charge in [-0.3, -0.25) is 4.79 Å². The Labute approximate surface area is 180 Å². The second kappa shape index (κ2) is 9.78. The van der Waals surface area contributed by atoms with Gasteiger partial charge in [0.05, 0.1) is 0 Å². The fourth-order valence-corrected chi connectivity index (χ4v) is 3.57. The molecule has 0 bridgehead atoms. The molecule has 3 amide bonds. The Morgan fingerprint density at radius 1 is 1.00 bits per heavy atom. The molecule has 1 atom stereocenters. The Morgan fingerprint density at radius 2 is 1.59 bits per heavy atom. The molecule has 2 aromatic rings. The largest absolute Gasteiger partial charge is 0.481 e. The Balaban J connectivity index is 1.48. The zero-order valence-electron chi connectivity index (χ0n) is 16.8. The van der Waals surface area contributed by atoms with Crippen molar-refractivity contribution >= 4 is 27.9 Å². The third-order valence-electron chi connectivity index (χ3n) is 4.93. The summed E-state index contributed by atoms with van der Waals surface area (Å²) in [5, 5.41) is 0. The van der Waals surface area contributed by atoms with Gasteiger partial charge in [-0.2, -0.15) is 0 Å². The maximum atomic E-state index is 12.7. The van der Waals surface area contributed by atoms with Crippen LogP contribution in [0.5, 0.6) is 5.75 Å². The number of piperazine rings is 1. The highest BCUT2D eigenvalue weighted by Gasteiger charge is 2.29. The molecule has 1 aliphatic heterocycles. The third-order valence-corrected chi connectivity index (χ3v) is 5.45. The van der Waals surface area contributed by atoms with Crippen LogP contribution in [0.1, 0.15) is 12.5 Å². The Kier molecular flexibility index (Phi) is 7.14. The quantitative estimate of drug-likeness (QED) is 0.685. The van der Waals surface area contributed by atoms with E-state index in [-0.39, 0.29) is 11.9 Å².